The average Bonchev–Trinajstić information content (AvgIpc) is 2.16. The van der Waals surface area contributed by atoms with Gasteiger partial charge in [0.15, 0.2) is 0 Å². The second-order valence-electron chi connectivity index (χ2n) is 2.78. The fourth-order valence-electron chi connectivity index (χ4n) is 0.875. The number of hydrogen-bond donors (Lipinski definition) is 2. The molecular weight excluding hydrogens is 279 g/mol. The Balaban J connectivity index is 2.50. The molecule has 0 aliphatic rings. The summed E-state index contributed by atoms with van der Waals surface area (Å²) in [6, 6.07) is 3.87. The molecule has 0 saturated heterocycles. The molecule has 0 amide bonds. The number of aliphatic hydroxyl groups excluding tert-OH is 1. The van der Waals surface area contributed by atoms with Crippen LogP contribution in [0.15, 0.2) is 18.3 Å². The van der Waals surface area contributed by atoms with Crippen LogP contribution in [0.3, 0.4) is 0 Å². The zero-order chi connectivity index (χ0) is 9.68. The fraction of sp³-hybridized carbons (Fsp3) is 0.444. The Morgan fingerprint density at radius 1 is 1.69 bits per heavy atom. The molecule has 0 fully saturated rings. The summed E-state index contributed by atoms with van der Waals surface area (Å²) >= 11 is 2.21. The summed E-state index contributed by atoms with van der Waals surface area (Å²) in [7, 11) is 0. The highest BCUT2D eigenvalue weighted by atomic mass is 127. The molecule has 4 heteroatoms. The maximum atomic E-state index is 9.32. The fourth-order valence-corrected chi connectivity index (χ4v) is 1.41. The largest absolute Gasteiger partial charge is 0.391 e. The molecule has 0 bridgehead atoms. The second kappa shape index (κ2) is 5.39. The quantitative estimate of drug-likeness (QED) is 0.833. The lowest BCUT2D eigenvalue weighted by Crippen LogP contribution is -2.19. The van der Waals surface area contributed by atoms with E-state index in [4.69, 9.17) is 0 Å². The van der Waals surface area contributed by atoms with Gasteiger partial charge in [-0.1, -0.05) is 6.92 Å². The summed E-state index contributed by atoms with van der Waals surface area (Å²) in [4.78, 5) is 4.15. The van der Waals surface area contributed by atoms with Crippen molar-refractivity contribution >= 4 is 28.4 Å². The smallest absolute Gasteiger partial charge is 0.139 e. The zero-order valence-corrected chi connectivity index (χ0v) is 9.65. The highest BCUT2D eigenvalue weighted by Crippen LogP contribution is 2.13. The van der Waals surface area contributed by atoms with Crippen molar-refractivity contribution in [3.8, 4) is 0 Å². The van der Waals surface area contributed by atoms with Crippen LogP contribution in [0.2, 0.25) is 0 Å². The van der Waals surface area contributed by atoms with Gasteiger partial charge in [-0.25, -0.2) is 4.98 Å². The van der Waals surface area contributed by atoms with Gasteiger partial charge in [-0.3, -0.25) is 0 Å². The Morgan fingerprint density at radius 2 is 2.46 bits per heavy atom. The molecule has 0 aliphatic carbocycles. The predicted molar refractivity (Wildman–Crippen MR) is 61.7 cm³/mol. The Morgan fingerprint density at radius 3 is 3.08 bits per heavy atom. The standard InChI is InChI=1S/C9H13IN2O/c1-2-7(13)6-12-9-8(10)4-3-5-11-9/h3-5,7,13H,2,6H2,1H3,(H,11,12)/t7-/m0/s1. The lowest BCUT2D eigenvalue weighted by atomic mass is 10.3. The van der Waals surface area contributed by atoms with E-state index in [0.29, 0.717) is 6.54 Å². The first-order valence-electron chi connectivity index (χ1n) is 4.26. The molecule has 0 spiro atoms. The van der Waals surface area contributed by atoms with Crippen LogP contribution in [0, 0.1) is 3.57 Å². The second-order valence-corrected chi connectivity index (χ2v) is 3.94. The van der Waals surface area contributed by atoms with Crippen molar-refractivity contribution in [2.45, 2.75) is 19.4 Å². The van der Waals surface area contributed by atoms with Crippen LogP contribution >= 0.6 is 22.6 Å². The summed E-state index contributed by atoms with van der Waals surface area (Å²) in [6.45, 7) is 2.51. The van der Waals surface area contributed by atoms with Crippen LogP contribution in [-0.2, 0) is 0 Å². The number of pyridine rings is 1. The molecule has 0 radical (unpaired) electrons. The SMILES string of the molecule is CC[C@H](O)CNc1ncccc1I. The van der Waals surface area contributed by atoms with Crippen LogP contribution < -0.4 is 5.32 Å². The first-order chi connectivity index (χ1) is 6.24. The van der Waals surface area contributed by atoms with Gasteiger partial charge in [0.2, 0.25) is 0 Å². The van der Waals surface area contributed by atoms with E-state index in [-0.39, 0.29) is 6.10 Å². The van der Waals surface area contributed by atoms with Gasteiger partial charge in [-0.05, 0) is 41.1 Å². The molecule has 0 saturated carbocycles. The molecule has 72 valence electrons. The lowest BCUT2D eigenvalue weighted by Gasteiger charge is -2.10. The van der Waals surface area contributed by atoms with Gasteiger partial charge in [-0.15, -0.1) is 0 Å². The van der Waals surface area contributed by atoms with Gasteiger partial charge in [0, 0.05) is 12.7 Å². The normalized spacial score (nSPS) is 12.5. The number of nitrogens with one attached hydrogen (secondary N) is 1. The summed E-state index contributed by atoms with van der Waals surface area (Å²) in [5.41, 5.74) is 0. The molecule has 2 N–H and O–H groups in total. The molecule has 0 aliphatic heterocycles. The van der Waals surface area contributed by atoms with Crippen molar-refractivity contribution < 1.29 is 5.11 Å². The van der Waals surface area contributed by atoms with Gasteiger partial charge in [0.25, 0.3) is 0 Å². The van der Waals surface area contributed by atoms with Crippen LogP contribution in [-0.4, -0.2) is 22.7 Å². The van der Waals surface area contributed by atoms with Crippen molar-refractivity contribution in [2.75, 3.05) is 11.9 Å². The first kappa shape index (κ1) is 10.7. The number of anilines is 1. The number of aromatic nitrogens is 1. The van der Waals surface area contributed by atoms with Crippen LogP contribution in [0.5, 0.6) is 0 Å². The number of hydrogen-bond acceptors (Lipinski definition) is 3. The van der Waals surface area contributed by atoms with Gasteiger partial charge in [0.1, 0.15) is 5.82 Å². The molecule has 13 heavy (non-hydrogen) atoms. The van der Waals surface area contributed by atoms with Crippen LogP contribution in [0.1, 0.15) is 13.3 Å². The molecule has 0 unspecified atom stereocenters. The highest BCUT2D eigenvalue weighted by molar-refractivity contribution is 14.1. The average molecular weight is 292 g/mol. The third kappa shape index (κ3) is 3.48. The minimum absolute atomic E-state index is 0.294. The van der Waals surface area contributed by atoms with Crippen molar-refractivity contribution in [3.63, 3.8) is 0 Å². The molecule has 1 rings (SSSR count). The maximum absolute atomic E-state index is 9.32. The summed E-state index contributed by atoms with van der Waals surface area (Å²) < 4.78 is 1.07. The minimum Gasteiger partial charge on any atom is -0.391 e. The number of halogens is 1. The summed E-state index contributed by atoms with van der Waals surface area (Å²) in [5.74, 6) is 0.843. The van der Waals surface area contributed by atoms with E-state index in [1.165, 1.54) is 0 Å². The summed E-state index contributed by atoms with van der Waals surface area (Å²) in [6.07, 6.45) is 2.21. The third-order valence-electron chi connectivity index (χ3n) is 1.73. The Bertz CT molecular complexity index is 268. The first-order valence-corrected chi connectivity index (χ1v) is 5.34. The van der Waals surface area contributed by atoms with E-state index in [1.54, 1.807) is 6.20 Å². The maximum Gasteiger partial charge on any atom is 0.139 e. The highest BCUT2D eigenvalue weighted by Gasteiger charge is 2.02. The van der Waals surface area contributed by atoms with Crippen molar-refractivity contribution in [2.24, 2.45) is 0 Å². The topological polar surface area (TPSA) is 45.1 Å². The molecule has 1 aromatic rings. The molecule has 1 heterocycles. The van der Waals surface area contributed by atoms with E-state index >= 15 is 0 Å². The number of nitrogens with zero attached hydrogens (tertiary/aromatic N) is 1. The van der Waals surface area contributed by atoms with E-state index in [9.17, 15) is 5.11 Å². The van der Waals surface area contributed by atoms with Crippen LogP contribution in [0.25, 0.3) is 0 Å². The molecule has 0 aromatic carbocycles. The molecule has 1 aromatic heterocycles. The van der Waals surface area contributed by atoms with Crippen molar-refractivity contribution in [1.82, 2.24) is 4.98 Å². The third-order valence-corrected chi connectivity index (χ3v) is 2.61. The van der Waals surface area contributed by atoms with Gasteiger partial charge >= 0.3 is 0 Å². The Labute approximate surface area is 91.7 Å². The predicted octanol–water partition coefficient (Wildman–Crippen LogP) is 1.87. The van der Waals surface area contributed by atoms with Gasteiger partial charge in [-0.2, -0.15) is 0 Å². The van der Waals surface area contributed by atoms with Crippen molar-refractivity contribution in [1.29, 1.82) is 0 Å². The van der Waals surface area contributed by atoms with E-state index < -0.39 is 0 Å². The number of rotatable bonds is 4. The van der Waals surface area contributed by atoms with Gasteiger partial charge in [0.05, 0.1) is 9.67 Å². The minimum atomic E-state index is -0.294. The summed E-state index contributed by atoms with van der Waals surface area (Å²) in [5, 5.41) is 12.4. The molecule has 1 atom stereocenters. The van der Waals surface area contributed by atoms with Crippen molar-refractivity contribution in [3.05, 3.63) is 21.9 Å². The monoisotopic (exact) mass is 292 g/mol. The molecular formula is C9H13IN2O. The van der Waals surface area contributed by atoms with E-state index in [2.05, 4.69) is 32.9 Å². The number of aliphatic hydroxyl groups is 1. The lowest BCUT2D eigenvalue weighted by molar-refractivity contribution is 0.183. The van der Waals surface area contributed by atoms with E-state index in [1.807, 2.05) is 19.1 Å². The van der Waals surface area contributed by atoms with Gasteiger partial charge < -0.3 is 10.4 Å². The van der Waals surface area contributed by atoms with Crippen LogP contribution in [0.4, 0.5) is 5.82 Å². The molecule has 3 nitrogen and oxygen atoms in total. The Kier molecular flexibility index (Phi) is 4.44. The Hall–Kier alpha value is -0.360. The van der Waals surface area contributed by atoms with E-state index in [0.717, 1.165) is 15.8 Å². The zero-order valence-electron chi connectivity index (χ0n) is 7.50.